The number of aryl methyl sites for hydroxylation is 1. The monoisotopic (exact) mass is 412 g/mol. The van der Waals surface area contributed by atoms with E-state index in [4.69, 9.17) is 0 Å². The fraction of sp³-hybridized carbons (Fsp3) is 0.741. The molecule has 0 aliphatic heterocycles. The van der Waals surface area contributed by atoms with Crippen molar-refractivity contribution in [1.82, 2.24) is 0 Å². The first kappa shape index (κ1) is 20.7. The quantitative estimate of drug-likeness (QED) is 0.576. The number of aliphatic hydroxyl groups is 1. The van der Waals surface area contributed by atoms with Crippen molar-refractivity contribution in [2.45, 2.75) is 84.2 Å². The molecule has 0 heterocycles. The lowest BCUT2D eigenvalue weighted by Crippen LogP contribution is -2.51. The topological polar surface area (TPSA) is 37.3 Å². The van der Waals surface area contributed by atoms with Gasteiger partial charge >= 0.3 is 0 Å². The van der Waals surface area contributed by atoms with Crippen molar-refractivity contribution < 1.29 is 14.3 Å². The standard InChI is InChI=1S/C27H37FO2/c1-16-14-17(5-9-24(16)28)25(29)23-8-7-22-21-6-4-18-15-26(2,30)12-10-19(18)20(21)11-13-27(22,23)3/h5,9,14,18-23,30H,4,6-8,10-13,15H2,1-3H3/t18-,19-,20+,21+,22-,23+,26+,27-/m0/s1. The van der Waals surface area contributed by atoms with Crippen LogP contribution < -0.4 is 0 Å². The molecule has 164 valence electrons. The predicted octanol–water partition coefficient (Wildman–Crippen LogP) is 6.34. The lowest BCUT2D eigenvalue weighted by molar-refractivity contribution is -0.0976. The molecule has 4 aliphatic carbocycles. The minimum absolute atomic E-state index is 0.0816. The molecular formula is C27H37FO2. The Morgan fingerprint density at radius 2 is 1.77 bits per heavy atom. The van der Waals surface area contributed by atoms with Gasteiger partial charge in [-0.15, -0.1) is 0 Å². The van der Waals surface area contributed by atoms with E-state index in [1.165, 1.54) is 38.2 Å². The van der Waals surface area contributed by atoms with Gasteiger partial charge in [-0.05, 0) is 130 Å². The SMILES string of the molecule is Cc1cc(C(=O)[C@H]2CC[C@H]3[C@@H]4CC[C@H]5C[C@](C)(O)CC[C@@H]5[C@H]4CC[C@]23C)ccc1F. The molecule has 8 atom stereocenters. The summed E-state index contributed by atoms with van der Waals surface area (Å²) in [5, 5.41) is 10.6. The summed E-state index contributed by atoms with van der Waals surface area (Å²) in [5.74, 6) is 3.76. The Labute approximate surface area is 180 Å². The summed E-state index contributed by atoms with van der Waals surface area (Å²) in [6, 6.07) is 4.89. The lowest BCUT2D eigenvalue weighted by Gasteiger charge is -2.56. The Morgan fingerprint density at radius 1 is 1.00 bits per heavy atom. The molecule has 0 spiro atoms. The van der Waals surface area contributed by atoms with Crippen LogP contribution in [0.1, 0.15) is 87.6 Å². The fourth-order valence-corrected chi connectivity index (χ4v) is 8.51. The number of hydrogen-bond acceptors (Lipinski definition) is 2. The molecule has 1 N–H and O–H groups in total. The molecule has 0 aromatic heterocycles. The highest BCUT2D eigenvalue weighted by molar-refractivity contribution is 5.98. The molecule has 30 heavy (non-hydrogen) atoms. The van der Waals surface area contributed by atoms with E-state index in [9.17, 15) is 14.3 Å². The highest BCUT2D eigenvalue weighted by Gasteiger charge is 2.58. The molecule has 2 nitrogen and oxygen atoms in total. The highest BCUT2D eigenvalue weighted by Crippen LogP contribution is 2.64. The summed E-state index contributed by atoms with van der Waals surface area (Å²) in [7, 11) is 0. The number of halogens is 1. The van der Waals surface area contributed by atoms with Gasteiger partial charge in [0, 0.05) is 11.5 Å². The number of rotatable bonds is 2. The van der Waals surface area contributed by atoms with Gasteiger partial charge in [-0.3, -0.25) is 4.79 Å². The summed E-state index contributed by atoms with van der Waals surface area (Å²) in [4.78, 5) is 13.5. The van der Waals surface area contributed by atoms with E-state index in [2.05, 4.69) is 6.92 Å². The molecule has 1 aromatic carbocycles. The fourth-order valence-electron chi connectivity index (χ4n) is 8.51. The third-order valence-electron chi connectivity index (χ3n) is 10.00. The van der Waals surface area contributed by atoms with Gasteiger partial charge < -0.3 is 5.11 Å². The number of benzene rings is 1. The van der Waals surface area contributed by atoms with E-state index in [0.717, 1.165) is 43.4 Å². The van der Waals surface area contributed by atoms with Gasteiger partial charge in [0.15, 0.2) is 5.78 Å². The normalized spacial score (nSPS) is 45.4. The second-order valence-electron chi connectivity index (χ2n) is 11.7. The van der Waals surface area contributed by atoms with Crippen LogP contribution in [0.5, 0.6) is 0 Å². The van der Waals surface area contributed by atoms with Crippen LogP contribution in [0.15, 0.2) is 18.2 Å². The number of fused-ring (bicyclic) bond motifs is 5. The molecule has 4 aliphatic rings. The molecule has 4 fully saturated rings. The molecule has 4 saturated carbocycles. The molecular weight excluding hydrogens is 375 g/mol. The number of carbonyl (C=O) groups excluding carboxylic acids is 1. The van der Waals surface area contributed by atoms with Gasteiger partial charge in [0.25, 0.3) is 0 Å². The highest BCUT2D eigenvalue weighted by atomic mass is 19.1. The van der Waals surface area contributed by atoms with Crippen molar-refractivity contribution in [2.75, 3.05) is 0 Å². The van der Waals surface area contributed by atoms with Crippen LogP contribution in [0, 0.1) is 53.7 Å². The van der Waals surface area contributed by atoms with Crippen molar-refractivity contribution in [1.29, 1.82) is 0 Å². The average molecular weight is 413 g/mol. The first-order valence-corrected chi connectivity index (χ1v) is 12.2. The number of carbonyl (C=O) groups is 1. The molecule has 5 rings (SSSR count). The lowest BCUT2D eigenvalue weighted by atomic mass is 9.49. The van der Waals surface area contributed by atoms with Crippen LogP contribution in [-0.2, 0) is 0 Å². The molecule has 0 bridgehead atoms. The molecule has 1 aromatic rings. The molecule has 0 unspecified atom stereocenters. The zero-order valence-corrected chi connectivity index (χ0v) is 18.8. The van der Waals surface area contributed by atoms with Gasteiger partial charge in [-0.2, -0.15) is 0 Å². The zero-order chi connectivity index (χ0) is 21.3. The van der Waals surface area contributed by atoms with Crippen LogP contribution in [0.2, 0.25) is 0 Å². The van der Waals surface area contributed by atoms with Crippen molar-refractivity contribution in [2.24, 2.45) is 40.9 Å². The van der Waals surface area contributed by atoms with E-state index >= 15 is 0 Å². The summed E-state index contributed by atoms with van der Waals surface area (Å²) in [6.45, 7) is 6.16. The zero-order valence-electron chi connectivity index (χ0n) is 18.8. The van der Waals surface area contributed by atoms with Crippen molar-refractivity contribution in [3.8, 4) is 0 Å². The van der Waals surface area contributed by atoms with Crippen LogP contribution in [0.3, 0.4) is 0 Å². The largest absolute Gasteiger partial charge is 0.390 e. The van der Waals surface area contributed by atoms with Crippen molar-refractivity contribution in [3.05, 3.63) is 35.1 Å². The minimum atomic E-state index is -0.463. The van der Waals surface area contributed by atoms with Crippen molar-refractivity contribution >= 4 is 5.78 Å². The Bertz CT molecular complexity index is 845. The van der Waals surface area contributed by atoms with Gasteiger partial charge in [-0.1, -0.05) is 6.92 Å². The van der Waals surface area contributed by atoms with Gasteiger partial charge in [0.05, 0.1) is 5.60 Å². The Kier molecular flexibility index (Phi) is 4.93. The van der Waals surface area contributed by atoms with E-state index in [0.29, 0.717) is 23.0 Å². The number of hydrogen-bond donors (Lipinski definition) is 1. The van der Waals surface area contributed by atoms with Gasteiger partial charge in [-0.25, -0.2) is 4.39 Å². The Morgan fingerprint density at radius 3 is 2.53 bits per heavy atom. The van der Waals surface area contributed by atoms with Crippen LogP contribution in [0.4, 0.5) is 4.39 Å². The molecule has 0 amide bonds. The van der Waals surface area contributed by atoms with Crippen LogP contribution in [-0.4, -0.2) is 16.5 Å². The average Bonchev–Trinajstić information content (AvgIpc) is 3.05. The summed E-state index contributed by atoms with van der Waals surface area (Å²) >= 11 is 0. The van der Waals surface area contributed by atoms with E-state index in [-0.39, 0.29) is 22.9 Å². The number of ketones is 1. The minimum Gasteiger partial charge on any atom is -0.390 e. The molecule has 0 radical (unpaired) electrons. The van der Waals surface area contributed by atoms with E-state index in [1.54, 1.807) is 19.1 Å². The van der Waals surface area contributed by atoms with Gasteiger partial charge in [0.1, 0.15) is 5.82 Å². The summed E-state index contributed by atoms with van der Waals surface area (Å²) in [5.41, 5.74) is 0.889. The molecule has 3 heteroatoms. The number of Topliss-reactive ketones (excluding diaryl/α,β-unsaturated/α-hetero) is 1. The maximum Gasteiger partial charge on any atom is 0.166 e. The Hall–Kier alpha value is -1.22. The summed E-state index contributed by atoms with van der Waals surface area (Å²) in [6.07, 6.45) is 10.2. The first-order valence-electron chi connectivity index (χ1n) is 12.2. The molecule has 0 saturated heterocycles. The van der Waals surface area contributed by atoms with E-state index in [1.807, 2.05) is 6.92 Å². The van der Waals surface area contributed by atoms with E-state index < -0.39 is 5.60 Å². The second kappa shape index (κ2) is 7.15. The maximum absolute atomic E-state index is 13.7. The van der Waals surface area contributed by atoms with Crippen molar-refractivity contribution in [3.63, 3.8) is 0 Å². The predicted molar refractivity (Wildman–Crippen MR) is 117 cm³/mol. The van der Waals surface area contributed by atoms with Crippen LogP contribution >= 0.6 is 0 Å². The maximum atomic E-state index is 13.7. The second-order valence-corrected chi connectivity index (χ2v) is 11.7. The van der Waals surface area contributed by atoms with Crippen LogP contribution in [0.25, 0.3) is 0 Å². The summed E-state index contributed by atoms with van der Waals surface area (Å²) < 4.78 is 13.7. The smallest absolute Gasteiger partial charge is 0.166 e. The third kappa shape index (κ3) is 3.18. The first-order chi connectivity index (χ1) is 14.2. The van der Waals surface area contributed by atoms with Gasteiger partial charge in [0.2, 0.25) is 0 Å². The third-order valence-corrected chi connectivity index (χ3v) is 10.00. The Balaban J connectivity index is 1.36.